The number of amides is 1. The maximum atomic E-state index is 11.1. The van der Waals surface area contributed by atoms with Crippen molar-refractivity contribution in [2.45, 2.75) is 30.4 Å². The van der Waals surface area contributed by atoms with Gasteiger partial charge in [-0.25, -0.2) is 0 Å². The molecule has 0 bridgehead atoms. The molecule has 130 valence electrons. The van der Waals surface area contributed by atoms with Gasteiger partial charge in [-0.3, -0.25) is 4.79 Å². The normalized spacial score (nSPS) is 12.0. The Morgan fingerprint density at radius 1 is 1.32 bits per heavy atom. The van der Waals surface area contributed by atoms with Gasteiger partial charge >= 0.3 is 0 Å². The molecule has 0 spiro atoms. The van der Waals surface area contributed by atoms with E-state index in [9.17, 15) is 4.79 Å². The van der Waals surface area contributed by atoms with E-state index in [2.05, 4.69) is 31.0 Å². The van der Waals surface area contributed by atoms with Crippen molar-refractivity contribution in [1.82, 2.24) is 20.3 Å². The van der Waals surface area contributed by atoms with Crippen LogP contribution >= 0.6 is 23.1 Å². The van der Waals surface area contributed by atoms with Gasteiger partial charge in [-0.2, -0.15) is 4.98 Å². The topological polar surface area (TPSA) is 106 Å². The number of thioether (sulfide) groups is 1. The summed E-state index contributed by atoms with van der Waals surface area (Å²) in [7, 11) is 0. The van der Waals surface area contributed by atoms with Gasteiger partial charge in [-0.1, -0.05) is 34.3 Å². The van der Waals surface area contributed by atoms with Crippen LogP contribution in [0.15, 0.2) is 33.1 Å². The molecule has 10 heteroatoms. The van der Waals surface area contributed by atoms with Crippen molar-refractivity contribution in [2.24, 2.45) is 0 Å². The number of carbonyl (C=O) groups excluding carboxylic acids is 1. The van der Waals surface area contributed by atoms with E-state index in [0.29, 0.717) is 16.8 Å². The number of anilines is 3. The summed E-state index contributed by atoms with van der Waals surface area (Å²) in [6, 6.07) is 7.40. The molecule has 0 saturated carbocycles. The second-order valence-electron chi connectivity index (χ2n) is 5.20. The number of hydrogen-bond donors (Lipinski definition) is 2. The maximum absolute atomic E-state index is 11.1. The molecule has 3 aromatic rings. The van der Waals surface area contributed by atoms with Gasteiger partial charge in [0.15, 0.2) is 10.2 Å². The molecule has 2 heterocycles. The average Bonchev–Trinajstić information content (AvgIpc) is 3.16. The van der Waals surface area contributed by atoms with E-state index in [1.165, 1.54) is 30.0 Å². The Morgan fingerprint density at radius 2 is 2.12 bits per heavy atom. The first-order valence-corrected chi connectivity index (χ1v) is 9.14. The summed E-state index contributed by atoms with van der Waals surface area (Å²) >= 11 is 2.93. The second kappa shape index (κ2) is 7.62. The predicted octanol–water partition coefficient (Wildman–Crippen LogP) is 3.78. The van der Waals surface area contributed by atoms with Crippen LogP contribution < -0.4 is 10.6 Å². The third-order valence-corrected chi connectivity index (χ3v) is 5.02. The first-order valence-electron chi connectivity index (χ1n) is 7.44. The van der Waals surface area contributed by atoms with E-state index in [-0.39, 0.29) is 11.2 Å². The molecular formula is C15H16N6O2S2. The van der Waals surface area contributed by atoms with Crippen LogP contribution in [0.1, 0.15) is 30.8 Å². The van der Waals surface area contributed by atoms with Crippen molar-refractivity contribution < 1.29 is 9.32 Å². The fraction of sp³-hybridized carbons (Fsp3) is 0.267. The van der Waals surface area contributed by atoms with Crippen LogP contribution in [0.4, 0.5) is 16.5 Å². The lowest BCUT2D eigenvalue weighted by molar-refractivity contribution is -0.114. The van der Waals surface area contributed by atoms with Gasteiger partial charge in [-0.15, -0.1) is 10.2 Å². The lowest BCUT2D eigenvalue weighted by atomic mass is 10.3. The third-order valence-electron chi connectivity index (χ3n) is 3.01. The fourth-order valence-corrected chi connectivity index (χ4v) is 3.94. The molecular weight excluding hydrogens is 360 g/mol. The van der Waals surface area contributed by atoms with Gasteiger partial charge in [0.05, 0.1) is 5.25 Å². The molecule has 0 fully saturated rings. The molecule has 0 unspecified atom stereocenters. The van der Waals surface area contributed by atoms with Gasteiger partial charge in [0.25, 0.3) is 0 Å². The van der Waals surface area contributed by atoms with E-state index in [0.717, 1.165) is 15.7 Å². The average molecular weight is 376 g/mol. The Balaban J connectivity index is 1.64. The molecule has 2 N–H and O–H groups in total. The van der Waals surface area contributed by atoms with Crippen LogP contribution in [0.3, 0.4) is 0 Å². The van der Waals surface area contributed by atoms with Crippen molar-refractivity contribution in [1.29, 1.82) is 0 Å². The van der Waals surface area contributed by atoms with Gasteiger partial charge in [0.1, 0.15) is 0 Å². The van der Waals surface area contributed by atoms with Crippen LogP contribution in [-0.2, 0) is 4.79 Å². The Hall–Kier alpha value is -2.46. The highest BCUT2D eigenvalue weighted by atomic mass is 32.2. The fourth-order valence-electron chi connectivity index (χ4n) is 1.99. The van der Waals surface area contributed by atoms with Crippen molar-refractivity contribution in [2.75, 3.05) is 10.6 Å². The zero-order valence-corrected chi connectivity index (χ0v) is 15.4. The molecule has 0 aliphatic rings. The molecule has 1 atom stereocenters. The summed E-state index contributed by atoms with van der Waals surface area (Å²) in [5.41, 5.74) is 1.54. The minimum absolute atomic E-state index is 0.00917. The predicted molar refractivity (Wildman–Crippen MR) is 97.2 cm³/mol. The molecule has 3 rings (SSSR count). The number of carbonyl (C=O) groups is 1. The molecule has 0 aliphatic heterocycles. The number of nitrogens with one attached hydrogen (secondary N) is 2. The molecule has 1 amide bonds. The molecule has 25 heavy (non-hydrogen) atoms. The number of hydrogen-bond acceptors (Lipinski definition) is 9. The van der Waals surface area contributed by atoms with Crippen molar-refractivity contribution in [3.8, 4) is 0 Å². The number of nitrogens with zero attached hydrogens (tertiary/aromatic N) is 4. The number of benzene rings is 1. The summed E-state index contributed by atoms with van der Waals surface area (Å²) in [5.74, 6) is 1.06. The van der Waals surface area contributed by atoms with E-state index in [4.69, 9.17) is 4.52 Å². The zero-order chi connectivity index (χ0) is 17.8. The highest BCUT2D eigenvalue weighted by Crippen LogP contribution is 2.37. The SMILES string of the molecule is CC(=O)Nc1cccc(Nc2nnc(S[C@@H](C)c3nc(C)no3)s2)c1. The molecule has 0 radical (unpaired) electrons. The highest BCUT2D eigenvalue weighted by Gasteiger charge is 2.17. The Labute approximate surface area is 152 Å². The van der Waals surface area contributed by atoms with Gasteiger partial charge in [0.2, 0.25) is 16.9 Å². The zero-order valence-electron chi connectivity index (χ0n) is 13.8. The Kier molecular flexibility index (Phi) is 5.29. The lowest BCUT2D eigenvalue weighted by Crippen LogP contribution is -2.05. The van der Waals surface area contributed by atoms with Crippen LogP contribution in [0.5, 0.6) is 0 Å². The Morgan fingerprint density at radius 3 is 2.84 bits per heavy atom. The van der Waals surface area contributed by atoms with Crippen molar-refractivity contribution >= 4 is 45.5 Å². The summed E-state index contributed by atoms with van der Waals surface area (Å²) in [4.78, 5) is 15.4. The second-order valence-corrected chi connectivity index (χ2v) is 7.77. The van der Waals surface area contributed by atoms with Crippen molar-refractivity contribution in [3.05, 3.63) is 36.0 Å². The quantitative estimate of drug-likeness (QED) is 0.626. The van der Waals surface area contributed by atoms with Crippen LogP contribution in [0, 0.1) is 6.92 Å². The molecule has 0 aliphatic carbocycles. The first-order chi connectivity index (χ1) is 12.0. The lowest BCUT2D eigenvalue weighted by Gasteiger charge is -2.05. The van der Waals surface area contributed by atoms with E-state index >= 15 is 0 Å². The Bertz CT molecular complexity index is 878. The number of aryl methyl sites for hydroxylation is 1. The largest absolute Gasteiger partial charge is 0.338 e. The number of rotatable bonds is 6. The van der Waals surface area contributed by atoms with Gasteiger partial charge < -0.3 is 15.2 Å². The first kappa shape index (κ1) is 17.4. The monoisotopic (exact) mass is 376 g/mol. The summed E-state index contributed by atoms with van der Waals surface area (Å²) < 4.78 is 5.97. The molecule has 0 saturated heterocycles. The van der Waals surface area contributed by atoms with E-state index in [1.807, 2.05) is 31.2 Å². The van der Waals surface area contributed by atoms with Crippen LogP contribution in [-0.4, -0.2) is 26.2 Å². The summed E-state index contributed by atoms with van der Waals surface area (Å²) in [6.45, 7) is 5.23. The van der Waals surface area contributed by atoms with E-state index in [1.54, 1.807) is 6.92 Å². The maximum Gasteiger partial charge on any atom is 0.239 e. The number of aromatic nitrogens is 4. The van der Waals surface area contributed by atoms with Crippen LogP contribution in [0.2, 0.25) is 0 Å². The minimum Gasteiger partial charge on any atom is -0.338 e. The summed E-state index contributed by atoms with van der Waals surface area (Å²) in [5, 5.41) is 18.7. The minimum atomic E-state index is -0.114. The van der Waals surface area contributed by atoms with Crippen LogP contribution in [0.25, 0.3) is 0 Å². The smallest absolute Gasteiger partial charge is 0.239 e. The summed E-state index contributed by atoms with van der Waals surface area (Å²) in [6.07, 6.45) is 0. The van der Waals surface area contributed by atoms with E-state index < -0.39 is 0 Å². The third kappa shape index (κ3) is 4.77. The highest BCUT2D eigenvalue weighted by molar-refractivity contribution is 8.01. The standard InChI is InChI=1S/C15H16N6O2S2/c1-8(13-16-9(2)21-23-13)24-15-20-19-14(25-15)18-12-6-4-5-11(7-12)17-10(3)22/h4-8H,1-3H3,(H,17,22)(H,18,19)/t8-/m0/s1. The van der Waals surface area contributed by atoms with Crippen molar-refractivity contribution in [3.63, 3.8) is 0 Å². The molecule has 8 nitrogen and oxygen atoms in total. The molecule has 1 aromatic carbocycles. The van der Waals surface area contributed by atoms with Gasteiger partial charge in [0, 0.05) is 18.3 Å². The molecule has 2 aromatic heterocycles. The van der Waals surface area contributed by atoms with Gasteiger partial charge in [-0.05, 0) is 32.0 Å².